The summed E-state index contributed by atoms with van der Waals surface area (Å²) in [6.07, 6.45) is 0. The standard InChI is InChI=1S/C9H8O4/c10-6-13-5-7-3-1-2-4-8(7)9(11)12/h1-4,6H,5H2,(H,11,12). The highest BCUT2D eigenvalue weighted by Crippen LogP contribution is 2.09. The van der Waals surface area contributed by atoms with Crippen molar-refractivity contribution in [1.29, 1.82) is 0 Å². The van der Waals surface area contributed by atoms with Gasteiger partial charge >= 0.3 is 5.97 Å². The molecule has 0 atom stereocenters. The average Bonchev–Trinajstić information content (AvgIpc) is 2.15. The minimum absolute atomic E-state index is 0.00796. The van der Waals surface area contributed by atoms with Gasteiger partial charge in [0.1, 0.15) is 6.61 Å². The van der Waals surface area contributed by atoms with Crippen molar-refractivity contribution in [2.75, 3.05) is 0 Å². The number of carbonyl (C=O) groups excluding carboxylic acids is 1. The van der Waals surface area contributed by atoms with Gasteiger partial charge < -0.3 is 9.84 Å². The van der Waals surface area contributed by atoms with Gasteiger partial charge in [0.25, 0.3) is 6.47 Å². The minimum atomic E-state index is -1.02. The maximum Gasteiger partial charge on any atom is 0.336 e. The molecule has 4 heteroatoms. The van der Waals surface area contributed by atoms with E-state index in [0.717, 1.165) is 0 Å². The number of carbonyl (C=O) groups is 2. The van der Waals surface area contributed by atoms with Crippen molar-refractivity contribution >= 4 is 12.4 Å². The molecule has 1 aromatic rings. The molecule has 68 valence electrons. The van der Waals surface area contributed by atoms with Crippen molar-refractivity contribution in [2.24, 2.45) is 0 Å². The zero-order valence-corrected chi connectivity index (χ0v) is 6.77. The Hall–Kier alpha value is -1.84. The lowest BCUT2D eigenvalue weighted by atomic mass is 10.1. The molecule has 1 aromatic carbocycles. The quantitative estimate of drug-likeness (QED) is 0.703. The maximum absolute atomic E-state index is 10.6. The van der Waals surface area contributed by atoms with E-state index in [2.05, 4.69) is 4.74 Å². The summed E-state index contributed by atoms with van der Waals surface area (Å²) in [6, 6.07) is 6.38. The van der Waals surface area contributed by atoms with Crippen LogP contribution in [0.4, 0.5) is 0 Å². The van der Waals surface area contributed by atoms with Crippen LogP contribution in [-0.4, -0.2) is 17.5 Å². The lowest BCUT2D eigenvalue weighted by Crippen LogP contribution is -2.03. The average molecular weight is 180 g/mol. The van der Waals surface area contributed by atoms with Crippen LogP contribution in [0.3, 0.4) is 0 Å². The molecular formula is C9H8O4. The Labute approximate surface area is 74.8 Å². The van der Waals surface area contributed by atoms with Crippen molar-refractivity contribution in [3.63, 3.8) is 0 Å². The highest BCUT2D eigenvalue weighted by molar-refractivity contribution is 5.89. The van der Waals surface area contributed by atoms with Crippen molar-refractivity contribution in [3.05, 3.63) is 35.4 Å². The second kappa shape index (κ2) is 4.25. The summed E-state index contributed by atoms with van der Waals surface area (Å²) in [4.78, 5) is 20.5. The van der Waals surface area contributed by atoms with Gasteiger partial charge in [-0.2, -0.15) is 0 Å². The van der Waals surface area contributed by atoms with Crippen LogP contribution in [0.1, 0.15) is 15.9 Å². The normalized spacial score (nSPS) is 9.23. The number of carboxylic acids is 1. The third-order valence-corrected chi connectivity index (χ3v) is 1.55. The number of hydrogen-bond acceptors (Lipinski definition) is 3. The third kappa shape index (κ3) is 2.30. The van der Waals surface area contributed by atoms with Gasteiger partial charge in [-0.3, -0.25) is 4.79 Å². The van der Waals surface area contributed by atoms with Crippen LogP contribution in [0.2, 0.25) is 0 Å². The van der Waals surface area contributed by atoms with E-state index >= 15 is 0 Å². The number of benzene rings is 1. The first kappa shape index (κ1) is 9.25. The molecule has 0 radical (unpaired) electrons. The van der Waals surface area contributed by atoms with Crippen LogP contribution in [0.15, 0.2) is 24.3 Å². The van der Waals surface area contributed by atoms with Crippen molar-refractivity contribution in [1.82, 2.24) is 0 Å². The van der Waals surface area contributed by atoms with E-state index in [-0.39, 0.29) is 12.2 Å². The molecule has 0 heterocycles. The van der Waals surface area contributed by atoms with E-state index in [1.807, 2.05) is 0 Å². The highest BCUT2D eigenvalue weighted by Gasteiger charge is 2.08. The molecule has 0 aromatic heterocycles. The Morgan fingerprint density at radius 3 is 2.77 bits per heavy atom. The van der Waals surface area contributed by atoms with Crippen molar-refractivity contribution < 1.29 is 19.4 Å². The predicted octanol–water partition coefficient (Wildman–Crippen LogP) is 1.06. The van der Waals surface area contributed by atoms with E-state index in [9.17, 15) is 9.59 Å². The van der Waals surface area contributed by atoms with Crippen LogP contribution in [0.25, 0.3) is 0 Å². The van der Waals surface area contributed by atoms with Gasteiger partial charge in [-0.15, -0.1) is 0 Å². The Balaban J connectivity index is 2.90. The van der Waals surface area contributed by atoms with Crippen LogP contribution in [0.5, 0.6) is 0 Å². The monoisotopic (exact) mass is 180 g/mol. The summed E-state index contributed by atoms with van der Waals surface area (Å²) < 4.78 is 4.47. The molecule has 0 fully saturated rings. The number of ether oxygens (including phenoxy) is 1. The highest BCUT2D eigenvalue weighted by atomic mass is 16.5. The van der Waals surface area contributed by atoms with Crippen LogP contribution >= 0.6 is 0 Å². The van der Waals surface area contributed by atoms with E-state index in [1.165, 1.54) is 6.07 Å². The van der Waals surface area contributed by atoms with Gasteiger partial charge in [0, 0.05) is 5.56 Å². The summed E-state index contributed by atoms with van der Waals surface area (Å²) in [5, 5.41) is 8.72. The fourth-order valence-electron chi connectivity index (χ4n) is 0.979. The van der Waals surface area contributed by atoms with Crippen molar-refractivity contribution in [2.45, 2.75) is 6.61 Å². The van der Waals surface area contributed by atoms with Gasteiger partial charge in [0.2, 0.25) is 0 Å². The molecular weight excluding hydrogens is 172 g/mol. The topological polar surface area (TPSA) is 63.6 Å². The number of carboxylic acid groups (broad SMARTS) is 1. The van der Waals surface area contributed by atoms with Gasteiger partial charge in [-0.1, -0.05) is 18.2 Å². The summed E-state index contributed by atoms with van der Waals surface area (Å²) in [5.41, 5.74) is 0.645. The van der Waals surface area contributed by atoms with Crippen LogP contribution < -0.4 is 0 Å². The predicted molar refractivity (Wildman–Crippen MR) is 44.3 cm³/mol. The molecule has 0 bridgehead atoms. The minimum Gasteiger partial charge on any atom is -0.478 e. The van der Waals surface area contributed by atoms with E-state index in [1.54, 1.807) is 18.2 Å². The molecule has 1 rings (SSSR count). The molecule has 0 unspecified atom stereocenters. The first-order valence-electron chi connectivity index (χ1n) is 3.62. The SMILES string of the molecule is O=COCc1ccccc1C(=O)O. The van der Waals surface area contributed by atoms with E-state index < -0.39 is 5.97 Å². The summed E-state index contributed by atoms with van der Waals surface area (Å²) in [7, 11) is 0. The molecule has 0 aliphatic carbocycles. The molecule has 0 aliphatic rings. The Kier molecular flexibility index (Phi) is 3.03. The number of rotatable bonds is 4. The second-order valence-corrected chi connectivity index (χ2v) is 2.37. The Morgan fingerprint density at radius 1 is 1.46 bits per heavy atom. The first-order valence-corrected chi connectivity index (χ1v) is 3.62. The zero-order chi connectivity index (χ0) is 9.68. The largest absolute Gasteiger partial charge is 0.478 e. The van der Waals surface area contributed by atoms with Crippen LogP contribution in [-0.2, 0) is 16.1 Å². The summed E-state index contributed by atoms with van der Waals surface area (Å²) in [6.45, 7) is 0.282. The fourth-order valence-corrected chi connectivity index (χ4v) is 0.979. The van der Waals surface area contributed by atoms with Crippen LogP contribution in [0, 0.1) is 0 Å². The summed E-state index contributed by atoms with van der Waals surface area (Å²) >= 11 is 0. The Bertz CT molecular complexity index is 319. The number of hydrogen-bond donors (Lipinski definition) is 1. The van der Waals surface area contributed by atoms with Crippen molar-refractivity contribution in [3.8, 4) is 0 Å². The fraction of sp³-hybridized carbons (Fsp3) is 0.111. The summed E-state index contributed by atoms with van der Waals surface area (Å²) in [5.74, 6) is -1.02. The maximum atomic E-state index is 10.6. The molecule has 1 N–H and O–H groups in total. The van der Waals surface area contributed by atoms with Gasteiger partial charge in [0.05, 0.1) is 5.56 Å². The lowest BCUT2D eigenvalue weighted by Gasteiger charge is -2.03. The Morgan fingerprint density at radius 2 is 2.15 bits per heavy atom. The second-order valence-electron chi connectivity index (χ2n) is 2.37. The molecule has 0 saturated carbocycles. The van der Waals surface area contributed by atoms with E-state index in [4.69, 9.17) is 5.11 Å². The zero-order valence-electron chi connectivity index (χ0n) is 6.77. The lowest BCUT2D eigenvalue weighted by molar-refractivity contribution is -0.129. The van der Waals surface area contributed by atoms with Gasteiger partial charge in [-0.25, -0.2) is 4.79 Å². The molecule has 0 amide bonds. The molecule has 0 saturated heterocycles. The number of aromatic carboxylic acids is 1. The third-order valence-electron chi connectivity index (χ3n) is 1.55. The molecule has 4 nitrogen and oxygen atoms in total. The smallest absolute Gasteiger partial charge is 0.336 e. The molecule has 13 heavy (non-hydrogen) atoms. The van der Waals surface area contributed by atoms with E-state index in [0.29, 0.717) is 12.0 Å². The van der Waals surface area contributed by atoms with Gasteiger partial charge in [0.15, 0.2) is 0 Å². The molecule has 0 aliphatic heterocycles. The first-order chi connectivity index (χ1) is 6.25. The van der Waals surface area contributed by atoms with Gasteiger partial charge in [-0.05, 0) is 6.07 Å². The molecule has 0 spiro atoms.